The number of carbonyl (C=O) groups excluding carboxylic acids is 1. The van der Waals surface area contributed by atoms with Gasteiger partial charge in [-0.3, -0.25) is 9.48 Å². The van der Waals surface area contributed by atoms with E-state index in [0.717, 1.165) is 5.69 Å². The lowest BCUT2D eigenvalue weighted by atomic mass is 10.3. The first-order valence-electron chi connectivity index (χ1n) is 7.03. The zero-order chi connectivity index (χ0) is 16.4. The summed E-state index contributed by atoms with van der Waals surface area (Å²) in [6, 6.07) is 4.30. The van der Waals surface area contributed by atoms with Gasteiger partial charge in [0.1, 0.15) is 24.9 Å². The van der Waals surface area contributed by atoms with Gasteiger partial charge in [-0.05, 0) is 25.1 Å². The molecule has 0 aliphatic carbocycles. The first kappa shape index (κ1) is 15.2. The van der Waals surface area contributed by atoms with Gasteiger partial charge in [-0.15, -0.1) is 0 Å². The number of amides is 1. The maximum atomic E-state index is 13.1. The molecule has 2 heterocycles. The maximum absolute atomic E-state index is 13.1. The first-order chi connectivity index (χ1) is 11.0. The van der Waals surface area contributed by atoms with Gasteiger partial charge in [0.25, 0.3) is 0 Å². The Morgan fingerprint density at radius 3 is 3.04 bits per heavy atom. The summed E-state index contributed by atoms with van der Waals surface area (Å²) < 4.78 is 20.1. The van der Waals surface area contributed by atoms with E-state index in [1.165, 1.54) is 12.1 Å². The number of benzene rings is 1. The van der Waals surface area contributed by atoms with Crippen molar-refractivity contribution in [3.63, 3.8) is 0 Å². The van der Waals surface area contributed by atoms with Crippen LogP contribution in [0.5, 0.6) is 0 Å². The summed E-state index contributed by atoms with van der Waals surface area (Å²) in [7, 11) is 1.80. The van der Waals surface area contributed by atoms with Crippen molar-refractivity contribution in [3.05, 3.63) is 41.7 Å². The quantitative estimate of drug-likeness (QED) is 0.752. The van der Waals surface area contributed by atoms with E-state index in [4.69, 9.17) is 4.74 Å². The Balaban J connectivity index is 1.53. The van der Waals surface area contributed by atoms with Crippen LogP contribution in [-0.2, 0) is 23.2 Å². The molecule has 0 unspecified atom stereocenters. The number of H-pyrrole nitrogens is 1. The zero-order valence-electron chi connectivity index (χ0n) is 12.8. The molecule has 0 radical (unpaired) electrons. The van der Waals surface area contributed by atoms with Gasteiger partial charge in [-0.25, -0.2) is 9.37 Å². The van der Waals surface area contributed by atoms with Gasteiger partial charge in [0.15, 0.2) is 0 Å². The molecule has 0 aliphatic rings. The lowest BCUT2D eigenvalue weighted by molar-refractivity contribution is -0.121. The van der Waals surface area contributed by atoms with Gasteiger partial charge in [-0.2, -0.15) is 5.10 Å². The number of halogens is 1. The molecule has 23 heavy (non-hydrogen) atoms. The minimum absolute atomic E-state index is 0.111. The fourth-order valence-corrected chi connectivity index (χ4v) is 2.15. The average Bonchev–Trinajstić information content (AvgIpc) is 3.04. The predicted molar refractivity (Wildman–Crippen MR) is 82.3 cm³/mol. The van der Waals surface area contributed by atoms with Crippen molar-refractivity contribution in [3.8, 4) is 0 Å². The second-order valence-electron chi connectivity index (χ2n) is 5.15. The van der Waals surface area contributed by atoms with E-state index in [9.17, 15) is 9.18 Å². The number of rotatable bonds is 5. The minimum atomic E-state index is -0.333. The zero-order valence-corrected chi connectivity index (χ0v) is 12.8. The van der Waals surface area contributed by atoms with E-state index >= 15 is 0 Å². The van der Waals surface area contributed by atoms with Crippen LogP contribution in [0.15, 0.2) is 24.4 Å². The van der Waals surface area contributed by atoms with Crippen molar-refractivity contribution in [2.45, 2.75) is 13.5 Å². The highest BCUT2D eigenvalue weighted by atomic mass is 19.1. The van der Waals surface area contributed by atoms with E-state index in [-0.39, 0.29) is 24.9 Å². The fourth-order valence-electron chi connectivity index (χ4n) is 2.15. The van der Waals surface area contributed by atoms with Crippen LogP contribution in [0.3, 0.4) is 0 Å². The number of nitrogens with one attached hydrogen (secondary N) is 2. The van der Waals surface area contributed by atoms with E-state index in [1.807, 2.05) is 6.92 Å². The van der Waals surface area contributed by atoms with Crippen LogP contribution >= 0.6 is 0 Å². The number of aromatic nitrogens is 4. The standard InChI is InChI=1S/C15H16FN5O2/c1-9-13(6-17-21(9)2)20-15(22)8-23-7-14-18-11-4-3-10(16)5-12(11)19-14/h3-6H,7-8H2,1-2H3,(H,18,19)(H,20,22). The number of hydrogen-bond donors (Lipinski definition) is 2. The molecule has 0 atom stereocenters. The molecule has 0 saturated carbocycles. The first-order valence-corrected chi connectivity index (χ1v) is 7.03. The van der Waals surface area contributed by atoms with E-state index in [2.05, 4.69) is 20.4 Å². The highest BCUT2D eigenvalue weighted by Gasteiger charge is 2.09. The second kappa shape index (κ2) is 6.17. The number of nitrogens with zero attached hydrogens (tertiary/aromatic N) is 3. The third-order valence-electron chi connectivity index (χ3n) is 3.47. The van der Waals surface area contributed by atoms with Crippen LogP contribution < -0.4 is 5.32 Å². The van der Waals surface area contributed by atoms with Gasteiger partial charge in [0.05, 0.1) is 28.6 Å². The minimum Gasteiger partial charge on any atom is -0.364 e. The number of aromatic amines is 1. The molecule has 0 aliphatic heterocycles. The van der Waals surface area contributed by atoms with Gasteiger partial charge in [0.2, 0.25) is 5.91 Å². The topological polar surface area (TPSA) is 84.8 Å². The molecule has 1 amide bonds. The smallest absolute Gasteiger partial charge is 0.250 e. The molecule has 2 N–H and O–H groups in total. The molecule has 1 aromatic carbocycles. The molecule has 3 rings (SSSR count). The number of hydrogen-bond acceptors (Lipinski definition) is 4. The molecule has 0 fully saturated rings. The molecule has 0 saturated heterocycles. The highest BCUT2D eigenvalue weighted by Crippen LogP contribution is 2.14. The van der Waals surface area contributed by atoms with Crippen molar-refractivity contribution in [2.24, 2.45) is 7.05 Å². The molecular weight excluding hydrogens is 301 g/mol. The fraction of sp³-hybridized carbons (Fsp3) is 0.267. The van der Waals surface area contributed by atoms with Crippen LogP contribution in [0.25, 0.3) is 11.0 Å². The van der Waals surface area contributed by atoms with Crippen molar-refractivity contribution in [1.29, 1.82) is 0 Å². The molecule has 8 heteroatoms. The lowest BCUT2D eigenvalue weighted by Crippen LogP contribution is -2.18. The van der Waals surface area contributed by atoms with Crippen molar-refractivity contribution >= 4 is 22.6 Å². The number of fused-ring (bicyclic) bond motifs is 1. The second-order valence-corrected chi connectivity index (χ2v) is 5.15. The van der Waals surface area contributed by atoms with E-state index in [0.29, 0.717) is 22.5 Å². The van der Waals surface area contributed by atoms with Crippen LogP contribution in [0, 0.1) is 12.7 Å². The molecule has 3 aromatic rings. The largest absolute Gasteiger partial charge is 0.364 e. The SMILES string of the molecule is Cc1c(NC(=O)COCc2nc3ccc(F)cc3[nH]2)cnn1C. The highest BCUT2D eigenvalue weighted by molar-refractivity contribution is 5.92. The van der Waals surface area contributed by atoms with Gasteiger partial charge in [0, 0.05) is 7.05 Å². The number of carbonyl (C=O) groups is 1. The van der Waals surface area contributed by atoms with Crippen LogP contribution in [0.2, 0.25) is 0 Å². The summed E-state index contributed by atoms with van der Waals surface area (Å²) in [6.07, 6.45) is 1.58. The Bertz CT molecular complexity index is 855. The molecular formula is C15H16FN5O2. The maximum Gasteiger partial charge on any atom is 0.250 e. The van der Waals surface area contributed by atoms with Gasteiger partial charge >= 0.3 is 0 Å². The lowest BCUT2D eigenvalue weighted by Gasteiger charge is -2.04. The predicted octanol–water partition coefficient (Wildman–Crippen LogP) is 1.90. The summed E-state index contributed by atoms with van der Waals surface area (Å²) in [5, 5.41) is 6.77. The Labute approximate surface area is 131 Å². The Morgan fingerprint density at radius 1 is 1.48 bits per heavy atom. The van der Waals surface area contributed by atoms with Crippen molar-refractivity contribution in [1.82, 2.24) is 19.7 Å². The Morgan fingerprint density at radius 2 is 2.30 bits per heavy atom. The normalized spacial score (nSPS) is 11.1. The number of imidazole rings is 1. The van der Waals surface area contributed by atoms with Gasteiger partial charge in [-0.1, -0.05) is 0 Å². The molecule has 120 valence electrons. The van der Waals surface area contributed by atoms with Crippen LogP contribution in [-0.4, -0.2) is 32.3 Å². The summed E-state index contributed by atoms with van der Waals surface area (Å²) in [4.78, 5) is 19.0. The summed E-state index contributed by atoms with van der Waals surface area (Å²) in [5.74, 6) is -0.0703. The Kier molecular flexibility index (Phi) is 4.07. The summed E-state index contributed by atoms with van der Waals surface area (Å²) in [6.45, 7) is 1.88. The molecule has 7 nitrogen and oxygen atoms in total. The Hall–Kier alpha value is -2.74. The number of ether oxygens (including phenoxy) is 1. The molecule has 2 aromatic heterocycles. The van der Waals surface area contributed by atoms with E-state index < -0.39 is 0 Å². The van der Waals surface area contributed by atoms with Crippen molar-refractivity contribution in [2.75, 3.05) is 11.9 Å². The van der Waals surface area contributed by atoms with Gasteiger partial charge < -0.3 is 15.0 Å². The monoisotopic (exact) mass is 317 g/mol. The molecule has 0 bridgehead atoms. The number of anilines is 1. The molecule has 0 spiro atoms. The third kappa shape index (κ3) is 3.37. The third-order valence-corrected chi connectivity index (χ3v) is 3.47. The number of aryl methyl sites for hydroxylation is 1. The van der Waals surface area contributed by atoms with Crippen LogP contribution in [0.1, 0.15) is 11.5 Å². The van der Waals surface area contributed by atoms with E-state index in [1.54, 1.807) is 24.0 Å². The summed E-state index contributed by atoms with van der Waals surface area (Å²) >= 11 is 0. The average molecular weight is 317 g/mol. The summed E-state index contributed by atoms with van der Waals surface area (Å²) in [5.41, 5.74) is 2.76. The van der Waals surface area contributed by atoms with Crippen molar-refractivity contribution < 1.29 is 13.9 Å². The van der Waals surface area contributed by atoms with Crippen LogP contribution in [0.4, 0.5) is 10.1 Å².